The van der Waals surface area contributed by atoms with Crippen LogP contribution in [0.4, 0.5) is 5.69 Å². The van der Waals surface area contributed by atoms with Gasteiger partial charge in [-0.15, -0.1) is 11.8 Å². The molecule has 0 fully saturated rings. The van der Waals surface area contributed by atoms with E-state index in [1.54, 1.807) is 0 Å². The van der Waals surface area contributed by atoms with Gasteiger partial charge in [0.2, 0.25) is 0 Å². The molecule has 0 bridgehead atoms. The highest BCUT2D eigenvalue weighted by molar-refractivity contribution is 7.99. The third kappa shape index (κ3) is 1.98. The summed E-state index contributed by atoms with van der Waals surface area (Å²) in [4.78, 5) is 1.33. The van der Waals surface area contributed by atoms with Crippen molar-refractivity contribution in [2.75, 3.05) is 24.2 Å². The van der Waals surface area contributed by atoms with Crippen LogP contribution in [0.1, 0.15) is 5.56 Å². The number of thioether (sulfide) groups is 1. The van der Waals surface area contributed by atoms with E-state index in [0.717, 1.165) is 18.7 Å². The fourth-order valence-corrected chi connectivity index (χ4v) is 2.35. The average molecular weight is 195 g/mol. The monoisotopic (exact) mass is 195 g/mol. The number of hydrogen-bond acceptors (Lipinski definition) is 3. The molecule has 0 saturated carbocycles. The van der Waals surface area contributed by atoms with Crippen LogP contribution >= 0.6 is 11.8 Å². The largest absolute Gasteiger partial charge is 0.396 e. The van der Waals surface area contributed by atoms with E-state index in [1.807, 2.05) is 11.8 Å². The summed E-state index contributed by atoms with van der Waals surface area (Å²) in [5, 5.41) is 12.2. The Morgan fingerprint density at radius 2 is 2.38 bits per heavy atom. The molecule has 0 aliphatic carbocycles. The molecular weight excluding hydrogens is 182 g/mol. The zero-order valence-electron chi connectivity index (χ0n) is 7.42. The van der Waals surface area contributed by atoms with Crippen molar-refractivity contribution in [2.24, 2.45) is 0 Å². The van der Waals surface area contributed by atoms with E-state index in [9.17, 15) is 0 Å². The molecule has 1 aromatic carbocycles. The fourth-order valence-electron chi connectivity index (χ4n) is 1.47. The van der Waals surface area contributed by atoms with E-state index in [0.29, 0.717) is 0 Å². The number of hydrogen-bond donors (Lipinski definition) is 2. The third-order valence-electron chi connectivity index (χ3n) is 2.12. The van der Waals surface area contributed by atoms with Gasteiger partial charge in [-0.05, 0) is 24.1 Å². The molecule has 70 valence electrons. The molecule has 0 amide bonds. The van der Waals surface area contributed by atoms with Crippen molar-refractivity contribution in [3.05, 3.63) is 23.8 Å². The molecule has 1 aromatic rings. The molecule has 0 atom stereocenters. The van der Waals surface area contributed by atoms with E-state index in [4.69, 9.17) is 5.11 Å². The van der Waals surface area contributed by atoms with Crippen LogP contribution in [0.3, 0.4) is 0 Å². The summed E-state index contributed by atoms with van der Waals surface area (Å²) in [6, 6.07) is 6.36. The zero-order chi connectivity index (χ0) is 9.10. The topological polar surface area (TPSA) is 32.3 Å². The second-order valence-electron chi connectivity index (χ2n) is 3.08. The van der Waals surface area contributed by atoms with Gasteiger partial charge in [0, 0.05) is 29.5 Å². The minimum atomic E-state index is 0.228. The average Bonchev–Trinajstić information content (AvgIpc) is 2.18. The first-order chi connectivity index (χ1) is 6.40. The minimum absolute atomic E-state index is 0.228. The lowest BCUT2D eigenvalue weighted by Gasteiger charge is -2.17. The highest BCUT2D eigenvalue weighted by Gasteiger charge is 2.08. The van der Waals surface area contributed by atoms with Crippen LogP contribution in [0.2, 0.25) is 0 Å². The Labute approximate surface area is 82.4 Å². The summed E-state index contributed by atoms with van der Waals surface area (Å²) < 4.78 is 0. The quantitative estimate of drug-likeness (QED) is 0.754. The van der Waals surface area contributed by atoms with E-state index >= 15 is 0 Å². The Morgan fingerprint density at radius 1 is 1.46 bits per heavy atom. The Hall–Kier alpha value is -0.670. The summed E-state index contributed by atoms with van der Waals surface area (Å²) in [6.07, 6.45) is 0.750. The number of aliphatic hydroxyl groups excluding tert-OH is 1. The first-order valence-electron chi connectivity index (χ1n) is 4.50. The molecule has 0 spiro atoms. The van der Waals surface area contributed by atoms with Crippen LogP contribution in [0.5, 0.6) is 0 Å². The predicted molar refractivity (Wildman–Crippen MR) is 56.4 cm³/mol. The van der Waals surface area contributed by atoms with Crippen LogP contribution in [-0.4, -0.2) is 24.0 Å². The second-order valence-corrected chi connectivity index (χ2v) is 4.22. The second kappa shape index (κ2) is 4.03. The van der Waals surface area contributed by atoms with Crippen LogP contribution in [0, 0.1) is 0 Å². The Morgan fingerprint density at radius 3 is 3.23 bits per heavy atom. The Kier molecular flexibility index (Phi) is 2.76. The SMILES string of the molecule is OCCc1ccc2c(c1)NCCS2. The normalized spacial score (nSPS) is 14.8. The molecule has 2 rings (SSSR count). The molecule has 13 heavy (non-hydrogen) atoms. The molecule has 1 heterocycles. The van der Waals surface area contributed by atoms with E-state index < -0.39 is 0 Å². The molecule has 0 aromatic heterocycles. The molecule has 3 heteroatoms. The maximum Gasteiger partial charge on any atom is 0.0481 e. The van der Waals surface area contributed by atoms with Crippen LogP contribution in [-0.2, 0) is 6.42 Å². The number of rotatable bonds is 2. The maximum atomic E-state index is 8.80. The summed E-state index contributed by atoms with van der Waals surface area (Å²) >= 11 is 1.89. The summed E-state index contributed by atoms with van der Waals surface area (Å²) in [6.45, 7) is 1.27. The van der Waals surface area contributed by atoms with Crippen molar-refractivity contribution >= 4 is 17.4 Å². The molecule has 1 aliphatic heterocycles. The van der Waals surface area contributed by atoms with Crippen molar-refractivity contribution in [2.45, 2.75) is 11.3 Å². The maximum absolute atomic E-state index is 8.80. The highest BCUT2D eigenvalue weighted by atomic mass is 32.2. The Balaban J connectivity index is 2.24. The lowest BCUT2D eigenvalue weighted by atomic mass is 10.1. The van der Waals surface area contributed by atoms with Gasteiger partial charge in [-0.2, -0.15) is 0 Å². The van der Waals surface area contributed by atoms with E-state index in [-0.39, 0.29) is 6.61 Å². The summed E-state index contributed by atoms with van der Waals surface area (Å²) in [5.41, 5.74) is 2.43. The van der Waals surface area contributed by atoms with Crippen LogP contribution < -0.4 is 5.32 Å². The number of anilines is 1. The van der Waals surface area contributed by atoms with Gasteiger partial charge in [0.25, 0.3) is 0 Å². The van der Waals surface area contributed by atoms with Gasteiger partial charge in [0.05, 0.1) is 0 Å². The first-order valence-corrected chi connectivity index (χ1v) is 5.49. The molecule has 0 unspecified atom stereocenters. The lowest BCUT2D eigenvalue weighted by molar-refractivity contribution is 0.299. The first kappa shape index (κ1) is 8.91. The molecule has 1 aliphatic rings. The van der Waals surface area contributed by atoms with Gasteiger partial charge in [-0.3, -0.25) is 0 Å². The van der Waals surface area contributed by atoms with Crippen molar-refractivity contribution in [3.8, 4) is 0 Å². The van der Waals surface area contributed by atoms with Crippen molar-refractivity contribution in [3.63, 3.8) is 0 Å². The summed E-state index contributed by atoms with van der Waals surface area (Å²) in [7, 11) is 0. The lowest BCUT2D eigenvalue weighted by Crippen LogP contribution is -2.10. The van der Waals surface area contributed by atoms with Gasteiger partial charge in [0.15, 0.2) is 0 Å². The van der Waals surface area contributed by atoms with Gasteiger partial charge in [-0.25, -0.2) is 0 Å². The number of fused-ring (bicyclic) bond motifs is 1. The summed E-state index contributed by atoms with van der Waals surface area (Å²) in [5.74, 6) is 1.15. The molecular formula is C10H13NOS. The minimum Gasteiger partial charge on any atom is -0.396 e. The van der Waals surface area contributed by atoms with Crippen LogP contribution in [0.25, 0.3) is 0 Å². The van der Waals surface area contributed by atoms with Gasteiger partial charge in [-0.1, -0.05) is 6.07 Å². The molecule has 2 N–H and O–H groups in total. The number of nitrogens with one attached hydrogen (secondary N) is 1. The standard InChI is InChI=1S/C10H13NOS/c12-5-3-8-1-2-10-9(7-8)11-4-6-13-10/h1-2,7,11-12H,3-6H2. The zero-order valence-corrected chi connectivity index (χ0v) is 8.23. The van der Waals surface area contributed by atoms with Crippen molar-refractivity contribution < 1.29 is 5.11 Å². The van der Waals surface area contributed by atoms with Gasteiger partial charge in [0.1, 0.15) is 0 Å². The molecule has 0 saturated heterocycles. The molecule has 0 radical (unpaired) electrons. The van der Waals surface area contributed by atoms with Gasteiger partial charge < -0.3 is 10.4 Å². The van der Waals surface area contributed by atoms with E-state index in [1.165, 1.54) is 16.1 Å². The van der Waals surface area contributed by atoms with Gasteiger partial charge >= 0.3 is 0 Å². The third-order valence-corrected chi connectivity index (χ3v) is 3.19. The smallest absolute Gasteiger partial charge is 0.0481 e. The van der Waals surface area contributed by atoms with Crippen LogP contribution in [0.15, 0.2) is 23.1 Å². The predicted octanol–water partition coefficient (Wildman–Crippen LogP) is 1.74. The fraction of sp³-hybridized carbons (Fsp3) is 0.400. The number of benzene rings is 1. The van der Waals surface area contributed by atoms with Crippen molar-refractivity contribution in [1.82, 2.24) is 0 Å². The Bertz CT molecular complexity index is 301. The highest BCUT2D eigenvalue weighted by Crippen LogP contribution is 2.31. The van der Waals surface area contributed by atoms with Crippen molar-refractivity contribution in [1.29, 1.82) is 0 Å². The number of aliphatic hydroxyl groups is 1. The van der Waals surface area contributed by atoms with E-state index in [2.05, 4.69) is 23.5 Å². The molecule has 2 nitrogen and oxygen atoms in total.